The van der Waals surface area contributed by atoms with Crippen molar-refractivity contribution >= 4 is 16.9 Å². The van der Waals surface area contributed by atoms with Crippen LogP contribution >= 0.6 is 0 Å². The molecule has 28 heavy (non-hydrogen) atoms. The van der Waals surface area contributed by atoms with E-state index in [1.165, 1.54) is 11.1 Å². The predicted molar refractivity (Wildman–Crippen MR) is 107 cm³/mol. The lowest BCUT2D eigenvalue weighted by molar-refractivity contribution is -0.132. The topological polar surface area (TPSA) is 56.0 Å². The average Bonchev–Trinajstić information content (AvgIpc) is 3.33. The number of amides is 1. The fraction of sp³-hybridized carbons (Fsp3) is 0.227. The molecule has 0 radical (unpaired) electrons. The van der Waals surface area contributed by atoms with Gasteiger partial charge in [-0.25, -0.2) is 4.98 Å². The van der Waals surface area contributed by atoms with Gasteiger partial charge in [-0.15, -0.1) is 0 Å². The molecule has 1 amide bonds. The van der Waals surface area contributed by atoms with Gasteiger partial charge in [0.2, 0.25) is 5.91 Å². The Morgan fingerprint density at radius 1 is 1.14 bits per heavy atom. The number of carbonyl (C=O) groups excluding carboxylic acids is 1. The highest BCUT2D eigenvalue weighted by Gasteiger charge is 2.29. The molecule has 6 heteroatoms. The molecule has 1 aliphatic rings. The van der Waals surface area contributed by atoms with Crippen LogP contribution in [0.25, 0.3) is 11.0 Å². The van der Waals surface area contributed by atoms with E-state index >= 15 is 0 Å². The van der Waals surface area contributed by atoms with Gasteiger partial charge in [0.15, 0.2) is 0 Å². The van der Waals surface area contributed by atoms with Crippen molar-refractivity contribution in [3.63, 3.8) is 0 Å². The Balaban J connectivity index is 1.45. The highest BCUT2D eigenvalue weighted by molar-refractivity contribution is 5.81. The Hall–Kier alpha value is -3.41. The average molecular weight is 371 g/mol. The second-order valence-electron chi connectivity index (χ2n) is 7.33. The molecule has 3 heterocycles. The summed E-state index contributed by atoms with van der Waals surface area (Å²) in [7, 11) is 1.92. The molecule has 1 aliphatic heterocycles. The highest BCUT2D eigenvalue weighted by atomic mass is 16.2. The van der Waals surface area contributed by atoms with Gasteiger partial charge < -0.3 is 9.47 Å². The zero-order valence-electron chi connectivity index (χ0n) is 15.7. The number of carbonyl (C=O) groups is 1. The summed E-state index contributed by atoms with van der Waals surface area (Å²) in [5.41, 5.74) is 5.52. The molecule has 0 fully saturated rings. The van der Waals surface area contributed by atoms with Crippen LogP contribution in [0.5, 0.6) is 0 Å². The third kappa shape index (κ3) is 2.87. The molecule has 5 rings (SSSR count). The minimum atomic E-state index is 0.103. The lowest BCUT2D eigenvalue weighted by Crippen LogP contribution is -2.40. The van der Waals surface area contributed by atoms with E-state index in [0.29, 0.717) is 19.6 Å². The van der Waals surface area contributed by atoms with Crippen LogP contribution in [0, 0.1) is 0 Å². The van der Waals surface area contributed by atoms with Crippen LogP contribution < -0.4 is 0 Å². The summed E-state index contributed by atoms with van der Waals surface area (Å²) in [5.74, 6) is 0.244. The zero-order valence-corrected chi connectivity index (χ0v) is 15.7. The summed E-state index contributed by atoms with van der Waals surface area (Å²) in [6.45, 7) is 1.59. The third-order valence-corrected chi connectivity index (χ3v) is 5.51. The normalized spacial score (nSPS) is 16.3. The van der Waals surface area contributed by atoms with Crippen molar-refractivity contribution in [3.05, 3.63) is 83.9 Å². The molecule has 2 aromatic carbocycles. The van der Waals surface area contributed by atoms with Crippen molar-refractivity contribution in [2.75, 3.05) is 6.54 Å². The fourth-order valence-electron chi connectivity index (χ4n) is 4.08. The first-order valence-electron chi connectivity index (χ1n) is 9.43. The van der Waals surface area contributed by atoms with Crippen molar-refractivity contribution in [2.24, 2.45) is 7.05 Å². The van der Waals surface area contributed by atoms with Gasteiger partial charge in [0.1, 0.15) is 6.54 Å². The number of aromatic nitrogens is 4. The van der Waals surface area contributed by atoms with Crippen molar-refractivity contribution < 1.29 is 4.79 Å². The number of rotatable bonds is 3. The van der Waals surface area contributed by atoms with Gasteiger partial charge in [-0.2, -0.15) is 5.10 Å². The van der Waals surface area contributed by atoms with Crippen LogP contribution in [0.2, 0.25) is 0 Å². The van der Waals surface area contributed by atoms with E-state index < -0.39 is 0 Å². The molecule has 6 nitrogen and oxygen atoms in total. The molecular formula is C22H21N5O. The van der Waals surface area contributed by atoms with Crippen LogP contribution in [0.3, 0.4) is 0 Å². The quantitative estimate of drug-likeness (QED) is 0.556. The molecule has 4 aromatic rings. The van der Waals surface area contributed by atoms with Gasteiger partial charge >= 0.3 is 0 Å². The number of hydrogen-bond donors (Lipinski definition) is 0. The Morgan fingerprint density at radius 3 is 2.82 bits per heavy atom. The Labute approximate surface area is 163 Å². The number of nitrogens with zero attached hydrogens (tertiary/aromatic N) is 5. The van der Waals surface area contributed by atoms with Crippen molar-refractivity contribution in [2.45, 2.75) is 19.0 Å². The van der Waals surface area contributed by atoms with Gasteiger partial charge in [0.05, 0.1) is 23.6 Å². The summed E-state index contributed by atoms with van der Waals surface area (Å²) >= 11 is 0. The molecule has 0 aliphatic carbocycles. The monoisotopic (exact) mass is 371 g/mol. The second-order valence-corrected chi connectivity index (χ2v) is 7.33. The Morgan fingerprint density at radius 2 is 1.96 bits per heavy atom. The Kier molecular flexibility index (Phi) is 3.97. The standard InChI is InChI=1S/C22H21N5O/c1-25-11-17(10-24-25)19-13-26(12-16-6-2-3-7-18(16)19)22(28)14-27-15-23-20-8-4-5-9-21(20)27/h2-11,15,19H,12-14H2,1H3/t19-/m1/s1. The fourth-order valence-corrected chi connectivity index (χ4v) is 4.08. The van der Waals surface area contributed by atoms with Gasteiger partial charge in [-0.05, 0) is 28.8 Å². The van der Waals surface area contributed by atoms with E-state index in [-0.39, 0.29) is 11.8 Å². The molecule has 0 saturated heterocycles. The molecule has 1 atom stereocenters. The predicted octanol–water partition coefficient (Wildman–Crippen LogP) is 2.94. The van der Waals surface area contributed by atoms with Crippen LogP contribution in [-0.4, -0.2) is 36.7 Å². The number of hydrogen-bond acceptors (Lipinski definition) is 3. The second kappa shape index (κ2) is 6.64. The lowest BCUT2D eigenvalue weighted by Gasteiger charge is -2.34. The molecule has 0 N–H and O–H groups in total. The molecule has 140 valence electrons. The summed E-state index contributed by atoms with van der Waals surface area (Å²) in [5, 5.41) is 4.33. The van der Waals surface area contributed by atoms with E-state index in [1.54, 1.807) is 6.33 Å². The van der Waals surface area contributed by atoms with Crippen molar-refractivity contribution in [1.82, 2.24) is 24.2 Å². The van der Waals surface area contributed by atoms with Crippen LogP contribution in [0.4, 0.5) is 0 Å². The minimum Gasteiger partial charge on any atom is -0.336 e. The number of para-hydroxylation sites is 2. The minimum absolute atomic E-state index is 0.103. The largest absolute Gasteiger partial charge is 0.336 e. The molecular weight excluding hydrogens is 350 g/mol. The van der Waals surface area contributed by atoms with Crippen LogP contribution in [0.15, 0.2) is 67.3 Å². The number of aryl methyl sites for hydroxylation is 1. The van der Waals surface area contributed by atoms with Gasteiger partial charge in [0.25, 0.3) is 0 Å². The maximum absolute atomic E-state index is 13.2. The van der Waals surface area contributed by atoms with Gasteiger partial charge in [-0.3, -0.25) is 9.48 Å². The first-order chi connectivity index (χ1) is 13.7. The lowest BCUT2D eigenvalue weighted by atomic mass is 9.86. The number of fused-ring (bicyclic) bond motifs is 2. The first kappa shape index (κ1) is 16.7. The van der Waals surface area contributed by atoms with Crippen molar-refractivity contribution in [1.29, 1.82) is 0 Å². The summed E-state index contributed by atoms with van der Waals surface area (Å²) < 4.78 is 3.74. The van der Waals surface area contributed by atoms with E-state index in [9.17, 15) is 4.79 Å². The van der Waals surface area contributed by atoms with E-state index in [2.05, 4.69) is 28.3 Å². The Bertz CT molecular complexity index is 1160. The first-order valence-corrected chi connectivity index (χ1v) is 9.43. The van der Waals surface area contributed by atoms with Crippen LogP contribution in [-0.2, 0) is 24.9 Å². The summed E-state index contributed by atoms with van der Waals surface area (Å²) in [6.07, 6.45) is 5.69. The zero-order chi connectivity index (χ0) is 19.1. The molecule has 0 spiro atoms. The number of imidazole rings is 1. The van der Waals surface area contributed by atoms with Gasteiger partial charge in [0, 0.05) is 32.3 Å². The summed E-state index contributed by atoms with van der Waals surface area (Å²) in [6, 6.07) is 16.3. The summed E-state index contributed by atoms with van der Waals surface area (Å²) in [4.78, 5) is 19.5. The molecule has 0 bridgehead atoms. The SMILES string of the molecule is Cn1cc([C@H]2CN(C(=O)Cn3cnc4ccccc43)Cc3ccccc32)cn1. The smallest absolute Gasteiger partial charge is 0.242 e. The maximum atomic E-state index is 13.2. The molecule has 0 unspecified atom stereocenters. The van der Waals surface area contributed by atoms with E-state index in [0.717, 1.165) is 16.6 Å². The van der Waals surface area contributed by atoms with E-state index in [1.807, 2.05) is 63.9 Å². The molecule has 0 saturated carbocycles. The van der Waals surface area contributed by atoms with E-state index in [4.69, 9.17) is 0 Å². The molecule has 2 aromatic heterocycles. The van der Waals surface area contributed by atoms with Crippen LogP contribution in [0.1, 0.15) is 22.6 Å². The maximum Gasteiger partial charge on any atom is 0.242 e. The third-order valence-electron chi connectivity index (χ3n) is 5.51. The highest BCUT2D eigenvalue weighted by Crippen LogP contribution is 2.33. The van der Waals surface area contributed by atoms with Gasteiger partial charge in [-0.1, -0.05) is 36.4 Å². The number of benzene rings is 2. The van der Waals surface area contributed by atoms with Crippen molar-refractivity contribution in [3.8, 4) is 0 Å².